The van der Waals surface area contributed by atoms with E-state index in [4.69, 9.17) is 16.3 Å². The van der Waals surface area contributed by atoms with Gasteiger partial charge in [0.1, 0.15) is 0 Å². The van der Waals surface area contributed by atoms with Gasteiger partial charge >= 0.3 is 0 Å². The van der Waals surface area contributed by atoms with Gasteiger partial charge in [0.2, 0.25) is 5.91 Å². The second-order valence-corrected chi connectivity index (χ2v) is 6.41. The van der Waals surface area contributed by atoms with Crippen LogP contribution in [0.4, 0.5) is 0 Å². The summed E-state index contributed by atoms with van der Waals surface area (Å²) in [5, 5.41) is 0.506. The molecule has 0 radical (unpaired) electrons. The fraction of sp³-hybridized carbons (Fsp3) is 0.300. The van der Waals surface area contributed by atoms with E-state index in [9.17, 15) is 9.59 Å². The molecule has 0 aromatic heterocycles. The Morgan fingerprint density at radius 3 is 2.32 bits per heavy atom. The number of rotatable bonds is 5. The van der Waals surface area contributed by atoms with Crippen LogP contribution >= 0.6 is 11.6 Å². The largest absolute Gasteiger partial charge is 0.378 e. The molecule has 1 heterocycles. The zero-order valence-electron chi connectivity index (χ0n) is 13.9. The maximum absolute atomic E-state index is 13.1. The summed E-state index contributed by atoms with van der Waals surface area (Å²) in [6, 6.07) is 16.3. The first-order chi connectivity index (χ1) is 12.2. The van der Waals surface area contributed by atoms with Gasteiger partial charge in [-0.1, -0.05) is 60.1 Å². The highest BCUT2D eigenvalue weighted by Crippen LogP contribution is 2.31. The van der Waals surface area contributed by atoms with Crippen molar-refractivity contribution in [1.29, 1.82) is 0 Å². The average Bonchev–Trinajstić information content (AvgIpc) is 2.67. The Balaban J connectivity index is 1.88. The molecular weight excluding hydrogens is 338 g/mol. The van der Waals surface area contributed by atoms with Crippen LogP contribution < -0.4 is 0 Å². The molecule has 1 aliphatic heterocycles. The van der Waals surface area contributed by atoms with E-state index in [-0.39, 0.29) is 18.1 Å². The number of hydrogen-bond donors (Lipinski definition) is 0. The molecule has 130 valence electrons. The summed E-state index contributed by atoms with van der Waals surface area (Å²) in [7, 11) is 0. The van der Waals surface area contributed by atoms with E-state index in [0.717, 1.165) is 0 Å². The van der Waals surface area contributed by atoms with Crippen molar-refractivity contribution in [3.63, 3.8) is 0 Å². The lowest BCUT2D eigenvalue weighted by Crippen LogP contribution is -2.41. The molecule has 1 fully saturated rings. The topological polar surface area (TPSA) is 46.6 Å². The Bertz CT molecular complexity index is 742. The van der Waals surface area contributed by atoms with E-state index in [1.54, 1.807) is 23.1 Å². The maximum atomic E-state index is 13.1. The van der Waals surface area contributed by atoms with E-state index in [1.165, 1.54) is 0 Å². The lowest BCUT2D eigenvalue weighted by Gasteiger charge is -2.28. The summed E-state index contributed by atoms with van der Waals surface area (Å²) in [6.45, 7) is 2.20. The van der Waals surface area contributed by atoms with Crippen molar-refractivity contribution in [3.8, 4) is 0 Å². The van der Waals surface area contributed by atoms with Crippen molar-refractivity contribution in [1.82, 2.24) is 4.90 Å². The quantitative estimate of drug-likeness (QED) is 0.769. The molecule has 2 aromatic carbocycles. The number of carbonyl (C=O) groups excluding carboxylic acids is 2. The van der Waals surface area contributed by atoms with Gasteiger partial charge in [-0.2, -0.15) is 0 Å². The normalized spacial score (nSPS) is 15.6. The highest BCUT2D eigenvalue weighted by molar-refractivity contribution is 6.31. The summed E-state index contributed by atoms with van der Waals surface area (Å²) >= 11 is 6.32. The Hall–Kier alpha value is -2.17. The van der Waals surface area contributed by atoms with Gasteiger partial charge in [-0.25, -0.2) is 0 Å². The minimum Gasteiger partial charge on any atom is -0.378 e. The van der Waals surface area contributed by atoms with Crippen molar-refractivity contribution in [2.24, 2.45) is 0 Å². The molecule has 3 rings (SSSR count). The zero-order chi connectivity index (χ0) is 17.6. The number of ketones is 1. The molecule has 0 spiro atoms. The molecule has 1 amide bonds. The van der Waals surface area contributed by atoms with Gasteiger partial charge in [-0.05, 0) is 11.6 Å². The van der Waals surface area contributed by atoms with E-state index < -0.39 is 5.92 Å². The second kappa shape index (κ2) is 8.28. The van der Waals surface area contributed by atoms with Crippen molar-refractivity contribution in [3.05, 3.63) is 70.7 Å². The molecule has 5 heteroatoms. The summed E-state index contributed by atoms with van der Waals surface area (Å²) in [5.41, 5.74) is 1.28. The van der Waals surface area contributed by atoms with Gasteiger partial charge in [0.25, 0.3) is 0 Å². The fourth-order valence-electron chi connectivity index (χ4n) is 3.02. The maximum Gasteiger partial charge on any atom is 0.223 e. The van der Waals surface area contributed by atoms with Crippen molar-refractivity contribution < 1.29 is 14.3 Å². The number of nitrogens with zero attached hydrogens (tertiary/aromatic N) is 1. The molecule has 1 saturated heterocycles. The molecule has 1 unspecified atom stereocenters. The Morgan fingerprint density at radius 1 is 1.00 bits per heavy atom. The van der Waals surface area contributed by atoms with Crippen LogP contribution in [0.15, 0.2) is 54.6 Å². The molecular formula is C20H20ClNO3. The Labute approximate surface area is 152 Å². The summed E-state index contributed by atoms with van der Waals surface area (Å²) < 4.78 is 5.29. The summed E-state index contributed by atoms with van der Waals surface area (Å²) in [6.07, 6.45) is 0.109. The predicted octanol–water partition coefficient (Wildman–Crippen LogP) is 3.56. The number of benzene rings is 2. The lowest BCUT2D eigenvalue weighted by atomic mass is 9.87. The molecule has 2 aromatic rings. The van der Waals surface area contributed by atoms with Crippen LogP contribution in [0.5, 0.6) is 0 Å². The molecule has 1 aliphatic rings. The van der Waals surface area contributed by atoms with Crippen LogP contribution in [0.25, 0.3) is 0 Å². The number of carbonyl (C=O) groups is 2. The molecule has 4 nitrogen and oxygen atoms in total. The van der Waals surface area contributed by atoms with Crippen LogP contribution in [-0.2, 0) is 9.53 Å². The average molecular weight is 358 g/mol. The van der Waals surface area contributed by atoms with Crippen LogP contribution in [0.3, 0.4) is 0 Å². The fourth-order valence-corrected chi connectivity index (χ4v) is 3.29. The molecule has 0 bridgehead atoms. The standard InChI is InChI=1S/C20H20ClNO3/c21-18-9-5-4-8-16(18)17(20(24)15-6-2-1-3-7-15)14-19(23)22-10-12-25-13-11-22/h1-9,17H,10-14H2. The number of hydrogen-bond acceptors (Lipinski definition) is 3. The summed E-state index contributed by atoms with van der Waals surface area (Å²) in [5.74, 6) is -0.723. The second-order valence-electron chi connectivity index (χ2n) is 6.00. The zero-order valence-corrected chi connectivity index (χ0v) is 14.6. The van der Waals surface area contributed by atoms with E-state index in [1.807, 2.05) is 36.4 Å². The van der Waals surface area contributed by atoms with Crippen molar-refractivity contribution in [2.75, 3.05) is 26.3 Å². The van der Waals surface area contributed by atoms with Crippen LogP contribution in [-0.4, -0.2) is 42.9 Å². The molecule has 0 N–H and O–H groups in total. The number of Topliss-reactive ketones (excluding diaryl/α,β-unsaturated/α-hetero) is 1. The molecule has 0 saturated carbocycles. The van der Waals surface area contributed by atoms with Crippen LogP contribution in [0.1, 0.15) is 28.3 Å². The van der Waals surface area contributed by atoms with E-state index in [2.05, 4.69) is 0 Å². The third kappa shape index (κ3) is 4.27. The van der Waals surface area contributed by atoms with Gasteiger partial charge in [0.05, 0.1) is 19.1 Å². The number of amides is 1. The van der Waals surface area contributed by atoms with Crippen LogP contribution in [0, 0.1) is 0 Å². The highest BCUT2D eigenvalue weighted by atomic mass is 35.5. The smallest absolute Gasteiger partial charge is 0.223 e. The minimum absolute atomic E-state index is 0.0440. The van der Waals surface area contributed by atoms with Gasteiger partial charge in [0, 0.05) is 30.1 Å². The Morgan fingerprint density at radius 2 is 1.64 bits per heavy atom. The van der Waals surface area contributed by atoms with Gasteiger partial charge < -0.3 is 9.64 Å². The van der Waals surface area contributed by atoms with Crippen molar-refractivity contribution in [2.45, 2.75) is 12.3 Å². The van der Waals surface area contributed by atoms with E-state index >= 15 is 0 Å². The number of halogens is 1. The molecule has 0 aliphatic carbocycles. The first kappa shape index (κ1) is 17.6. The lowest BCUT2D eigenvalue weighted by molar-refractivity contribution is -0.135. The third-order valence-corrected chi connectivity index (χ3v) is 4.74. The number of morpholine rings is 1. The van der Waals surface area contributed by atoms with E-state index in [0.29, 0.717) is 42.5 Å². The Kier molecular flexibility index (Phi) is 5.84. The van der Waals surface area contributed by atoms with Crippen molar-refractivity contribution >= 4 is 23.3 Å². The highest BCUT2D eigenvalue weighted by Gasteiger charge is 2.29. The first-order valence-electron chi connectivity index (χ1n) is 8.36. The predicted molar refractivity (Wildman–Crippen MR) is 97.0 cm³/mol. The first-order valence-corrected chi connectivity index (χ1v) is 8.74. The molecule has 1 atom stereocenters. The monoisotopic (exact) mass is 357 g/mol. The molecule has 25 heavy (non-hydrogen) atoms. The van der Waals surface area contributed by atoms with Gasteiger partial charge in [0.15, 0.2) is 5.78 Å². The number of ether oxygens (including phenoxy) is 1. The summed E-state index contributed by atoms with van der Waals surface area (Å²) in [4.78, 5) is 27.5. The van der Waals surface area contributed by atoms with Gasteiger partial charge in [-0.15, -0.1) is 0 Å². The SMILES string of the molecule is O=C(c1ccccc1)C(CC(=O)N1CCOCC1)c1ccccc1Cl. The van der Waals surface area contributed by atoms with Crippen LogP contribution in [0.2, 0.25) is 5.02 Å². The van der Waals surface area contributed by atoms with Gasteiger partial charge in [-0.3, -0.25) is 9.59 Å². The third-order valence-electron chi connectivity index (χ3n) is 4.40. The minimum atomic E-state index is -0.591.